The van der Waals surface area contributed by atoms with E-state index in [1.54, 1.807) is 24.3 Å². The highest BCUT2D eigenvalue weighted by Gasteiger charge is 2.25. The van der Waals surface area contributed by atoms with E-state index >= 15 is 0 Å². The molecule has 2 aromatic rings. The van der Waals surface area contributed by atoms with Crippen molar-refractivity contribution in [2.24, 2.45) is 0 Å². The maximum absolute atomic E-state index is 12.6. The van der Waals surface area contributed by atoms with E-state index in [9.17, 15) is 8.42 Å². The zero-order valence-electron chi connectivity index (χ0n) is 15.2. The molecule has 1 saturated heterocycles. The van der Waals surface area contributed by atoms with Gasteiger partial charge in [-0.15, -0.1) is 0 Å². The van der Waals surface area contributed by atoms with Gasteiger partial charge >= 0.3 is 0 Å². The van der Waals surface area contributed by atoms with E-state index in [4.69, 9.17) is 4.74 Å². The van der Waals surface area contributed by atoms with E-state index < -0.39 is 10.0 Å². The number of nitrogens with one attached hydrogen (secondary N) is 1. The molecular formula is C19H25N3O3S. The lowest BCUT2D eigenvalue weighted by Crippen LogP contribution is -2.44. The van der Waals surface area contributed by atoms with Crippen LogP contribution < -0.4 is 14.4 Å². The van der Waals surface area contributed by atoms with Gasteiger partial charge in [0.05, 0.1) is 11.5 Å². The molecule has 0 unspecified atom stereocenters. The number of rotatable bonds is 6. The van der Waals surface area contributed by atoms with Gasteiger partial charge in [0.15, 0.2) is 0 Å². The monoisotopic (exact) mass is 375 g/mol. The minimum Gasteiger partial charge on any atom is -0.494 e. The molecule has 0 bridgehead atoms. The molecule has 0 aliphatic carbocycles. The van der Waals surface area contributed by atoms with Gasteiger partial charge in [0.25, 0.3) is 0 Å². The largest absolute Gasteiger partial charge is 0.494 e. The average Bonchev–Trinajstić information content (AvgIpc) is 2.63. The summed E-state index contributed by atoms with van der Waals surface area (Å²) in [4.78, 5) is 7.01. The summed E-state index contributed by atoms with van der Waals surface area (Å²) in [5, 5.41) is 0. The number of anilines is 1. The number of sulfonamides is 1. The lowest BCUT2D eigenvalue weighted by Gasteiger charge is -2.33. The molecule has 0 saturated carbocycles. The van der Waals surface area contributed by atoms with Crippen LogP contribution in [0.5, 0.6) is 5.75 Å². The highest BCUT2D eigenvalue weighted by molar-refractivity contribution is 7.89. The van der Waals surface area contributed by atoms with Gasteiger partial charge in [0.1, 0.15) is 11.6 Å². The van der Waals surface area contributed by atoms with E-state index in [1.165, 1.54) is 0 Å². The number of pyridine rings is 1. The summed E-state index contributed by atoms with van der Waals surface area (Å²) in [6.07, 6.45) is 1.51. The lowest BCUT2D eigenvalue weighted by atomic mass is 10.1. The van der Waals surface area contributed by atoms with E-state index in [-0.39, 0.29) is 10.9 Å². The third-order valence-corrected chi connectivity index (χ3v) is 6.00. The number of aryl methyl sites for hydroxylation is 1. The minimum absolute atomic E-state index is 0.0624. The Bertz CT molecular complexity index is 829. The van der Waals surface area contributed by atoms with Crippen LogP contribution in [0.4, 0.5) is 5.82 Å². The lowest BCUT2D eigenvalue weighted by molar-refractivity contribution is 0.340. The van der Waals surface area contributed by atoms with Crippen molar-refractivity contribution in [3.63, 3.8) is 0 Å². The molecule has 0 amide bonds. The number of piperidine rings is 1. The highest BCUT2D eigenvalue weighted by Crippen LogP contribution is 2.21. The Balaban J connectivity index is 1.59. The Morgan fingerprint density at radius 2 is 1.85 bits per heavy atom. The van der Waals surface area contributed by atoms with Crippen molar-refractivity contribution in [3.8, 4) is 5.75 Å². The fourth-order valence-corrected chi connectivity index (χ4v) is 4.41. The number of nitrogens with zero attached hydrogens (tertiary/aromatic N) is 2. The molecule has 1 aromatic carbocycles. The molecule has 1 N–H and O–H groups in total. The first-order valence-electron chi connectivity index (χ1n) is 8.92. The van der Waals surface area contributed by atoms with Crippen LogP contribution in [-0.4, -0.2) is 39.1 Å². The van der Waals surface area contributed by atoms with E-state index in [1.807, 2.05) is 32.0 Å². The molecule has 1 aliphatic heterocycles. The summed E-state index contributed by atoms with van der Waals surface area (Å²) in [5.41, 5.74) is 0.987. The van der Waals surface area contributed by atoms with E-state index in [2.05, 4.69) is 14.6 Å². The van der Waals surface area contributed by atoms with E-state index in [0.717, 1.165) is 37.4 Å². The van der Waals surface area contributed by atoms with Gasteiger partial charge in [0, 0.05) is 24.8 Å². The van der Waals surface area contributed by atoms with Crippen LogP contribution in [0, 0.1) is 6.92 Å². The second kappa shape index (κ2) is 8.05. The SMILES string of the molecule is CCOc1ccc(S(=O)(=O)NC2CCN(c3cccc(C)n3)CC2)cc1. The Morgan fingerprint density at radius 3 is 2.46 bits per heavy atom. The highest BCUT2D eigenvalue weighted by atomic mass is 32.2. The average molecular weight is 375 g/mol. The third kappa shape index (κ3) is 4.53. The molecule has 2 heterocycles. The maximum Gasteiger partial charge on any atom is 0.240 e. The molecule has 140 valence electrons. The number of ether oxygens (including phenoxy) is 1. The molecule has 0 radical (unpaired) electrons. The van der Waals surface area contributed by atoms with Gasteiger partial charge in [-0.1, -0.05) is 6.07 Å². The molecule has 1 fully saturated rings. The molecular weight excluding hydrogens is 350 g/mol. The predicted octanol–water partition coefficient (Wildman–Crippen LogP) is 2.74. The summed E-state index contributed by atoms with van der Waals surface area (Å²) in [7, 11) is -3.52. The predicted molar refractivity (Wildman–Crippen MR) is 102 cm³/mol. The van der Waals surface area contributed by atoms with Crippen molar-refractivity contribution in [2.75, 3.05) is 24.6 Å². The van der Waals surface area contributed by atoms with Gasteiger partial charge in [-0.3, -0.25) is 0 Å². The quantitative estimate of drug-likeness (QED) is 0.841. The topological polar surface area (TPSA) is 71.5 Å². The van der Waals surface area contributed by atoms with Crippen LogP contribution in [0.25, 0.3) is 0 Å². The normalized spacial score (nSPS) is 15.8. The number of aromatic nitrogens is 1. The summed E-state index contributed by atoms with van der Waals surface area (Å²) < 4.78 is 33.4. The molecule has 1 aromatic heterocycles. The van der Waals surface area contributed by atoms with Crippen LogP contribution in [0.2, 0.25) is 0 Å². The van der Waals surface area contributed by atoms with Crippen molar-refractivity contribution in [1.82, 2.24) is 9.71 Å². The Hall–Kier alpha value is -2.12. The Morgan fingerprint density at radius 1 is 1.15 bits per heavy atom. The first-order chi connectivity index (χ1) is 12.5. The summed E-state index contributed by atoms with van der Waals surface area (Å²) in [6.45, 7) is 5.99. The van der Waals surface area contributed by atoms with Crippen LogP contribution in [0.15, 0.2) is 47.4 Å². The first-order valence-corrected chi connectivity index (χ1v) is 10.4. The van der Waals surface area contributed by atoms with Crippen molar-refractivity contribution >= 4 is 15.8 Å². The van der Waals surface area contributed by atoms with Crippen LogP contribution in [0.1, 0.15) is 25.5 Å². The second-order valence-electron chi connectivity index (χ2n) is 6.42. The molecule has 7 heteroatoms. The standard InChI is InChI=1S/C19H25N3O3S/c1-3-25-17-7-9-18(10-8-17)26(23,24)21-16-11-13-22(14-12-16)19-6-4-5-15(2)20-19/h4-10,16,21H,3,11-14H2,1-2H3. The zero-order valence-corrected chi connectivity index (χ0v) is 16.0. The fourth-order valence-electron chi connectivity index (χ4n) is 3.10. The maximum atomic E-state index is 12.6. The van der Waals surface area contributed by atoms with Crippen LogP contribution >= 0.6 is 0 Å². The van der Waals surface area contributed by atoms with E-state index in [0.29, 0.717) is 12.4 Å². The number of hydrogen-bond donors (Lipinski definition) is 1. The summed E-state index contributed by atoms with van der Waals surface area (Å²) in [6, 6.07) is 12.4. The number of hydrogen-bond acceptors (Lipinski definition) is 5. The molecule has 0 spiro atoms. The molecule has 3 rings (SSSR count). The first kappa shape index (κ1) is 18.7. The van der Waals surface area contributed by atoms with Gasteiger partial charge in [-0.25, -0.2) is 18.1 Å². The molecule has 26 heavy (non-hydrogen) atoms. The Labute approximate surface area is 155 Å². The van der Waals surface area contributed by atoms with Gasteiger partial charge in [-0.2, -0.15) is 0 Å². The van der Waals surface area contributed by atoms with Crippen molar-refractivity contribution in [2.45, 2.75) is 37.6 Å². The molecule has 1 aliphatic rings. The van der Waals surface area contributed by atoms with Crippen molar-refractivity contribution in [3.05, 3.63) is 48.2 Å². The van der Waals surface area contributed by atoms with Crippen molar-refractivity contribution in [1.29, 1.82) is 0 Å². The van der Waals surface area contributed by atoms with Crippen LogP contribution in [0.3, 0.4) is 0 Å². The summed E-state index contributed by atoms with van der Waals surface area (Å²) in [5.74, 6) is 1.63. The minimum atomic E-state index is -3.52. The van der Waals surface area contributed by atoms with Gasteiger partial charge < -0.3 is 9.64 Å². The van der Waals surface area contributed by atoms with Crippen molar-refractivity contribution < 1.29 is 13.2 Å². The summed E-state index contributed by atoms with van der Waals surface area (Å²) >= 11 is 0. The second-order valence-corrected chi connectivity index (χ2v) is 8.14. The smallest absolute Gasteiger partial charge is 0.240 e. The zero-order chi connectivity index (χ0) is 18.6. The number of benzene rings is 1. The molecule has 6 nitrogen and oxygen atoms in total. The fraction of sp³-hybridized carbons (Fsp3) is 0.421. The Kier molecular flexibility index (Phi) is 5.78. The van der Waals surface area contributed by atoms with Crippen LogP contribution in [-0.2, 0) is 10.0 Å². The third-order valence-electron chi connectivity index (χ3n) is 4.46. The van der Waals surface area contributed by atoms with Gasteiger partial charge in [-0.05, 0) is 63.1 Å². The molecule has 0 atom stereocenters. The van der Waals surface area contributed by atoms with Gasteiger partial charge in [0.2, 0.25) is 10.0 Å².